The zero-order valence-corrected chi connectivity index (χ0v) is 20.9. The fourth-order valence-electron chi connectivity index (χ4n) is 3.80. The number of carbonyl (C=O) groups excluding carboxylic acids is 2. The Labute approximate surface area is 201 Å². The van der Waals surface area contributed by atoms with Gasteiger partial charge in [-0.3, -0.25) is 4.31 Å². The van der Waals surface area contributed by atoms with Crippen LogP contribution in [0.2, 0.25) is 0 Å². The zero-order chi connectivity index (χ0) is 24.9. The first-order valence-electron chi connectivity index (χ1n) is 11.2. The van der Waals surface area contributed by atoms with Gasteiger partial charge in [0.1, 0.15) is 5.60 Å². The molecule has 34 heavy (non-hydrogen) atoms. The Hall–Kier alpha value is -3.07. The zero-order valence-electron chi connectivity index (χ0n) is 20.1. The second-order valence-electron chi connectivity index (χ2n) is 9.24. The standard InChI is InChI=1S/C25H32N2O6S/c1-25(2,3)33-24(29)26-16-14-22(15-17-26)34(30,31)27(21-8-6-5-7-9-21)18-19-10-12-20(13-11-19)23(28)32-4/h5-13,22H,14-18H2,1-4H3. The Balaban J connectivity index is 1.79. The van der Waals surface area contributed by atoms with Gasteiger partial charge in [0.05, 0.1) is 30.2 Å². The molecular weight excluding hydrogens is 456 g/mol. The molecule has 0 saturated carbocycles. The molecule has 0 unspecified atom stereocenters. The maximum atomic E-state index is 13.7. The van der Waals surface area contributed by atoms with Crippen molar-refractivity contribution in [3.8, 4) is 0 Å². The van der Waals surface area contributed by atoms with Crippen LogP contribution in [0.5, 0.6) is 0 Å². The number of sulfonamides is 1. The monoisotopic (exact) mass is 488 g/mol. The van der Waals surface area contributed by atoms with E-state index in [0.717, 1.165) is 5.56 Å². The summed E-state index contributed by atoms with van der Waals surface area (Å²) in [6, 6.07) is 15.6. The van der Waals surface area contributed by atoms with Crippen LogP contribution in [-0.4, -0.2) is 56.4 Å². The summed E-state index contributed by atoms with van der Waals surface area (Å²) in [5, 5.41) is -0.624. The molecule has 8 nitrogen and oxygen atoms in total. The molecule has 0 bridgehead atoms. The number of ether oxygens (including phenoxy) is 2. The third-order valence-electron chi connectivity index (χ3n) is 5.57. The summed E-state index contributed by atoms with van der Waals surface area (Å²) in [4.78, 5) is 25.7. The van der Waals surface area contributed by atoms with Gasteiger partial charge in [0.25, 0.3) is 0 Å². The predicted molar refractivity (Wildman–Crippen MR) is 130 cm³/mol. The fourth-order valence-corrected chi connectivity index (χ4v) is 5.71. The van der Waals surface area contributed by atoms with Crippen LogP contribution < -0.4 is 4.31 Å². The van der Waals surface area contributed by atoms with E-state index in [1.54, 1.807) is 74.2 Å². The molecule has 1 saturated heterocycles. The predicted octanol–water partition coefficient (Wildman–Crippen LogP) is 4.21. The van der Waals surface area contributed by atoms with Crippen molar-refractivity contribution in [2.45, 2.75) is 51.0 Å². The number of rotatable bonds is 6. The van der Waals surface area contributed by atoms with E-state index in [4.69, 9.17) is 9.47 Å². The summed E-state index contributed by atoms with van der Waals surface area (Å²) < 4.78 is 39.0. The van der Waals surface area contributed by atoms with Crippen molar-refractivity contribution >= 4 is 27.8 Å². The molecule has 1 heterocycles. The third-order valence-corrected chi connectivity index (χ3v) is 7.84. The largest absolute Gasteiger partial charge is 0.465 e. The van der Waals surface area contributed by atoms with E-state index in [2.05, 4.69) is 0 Å². The Morgan fingerprint density at radius 1 is 1.00 bits per heavy atom. The Morgan fingerprint density at radius 3 is 2.12 bits per heavy atom. The van der Waals surface area contributed by atoms with Crippen LogP contribution in [0.15, 0.2) is 54.6 Å². The number of benzene rings is 2. The number of likely N-dealkylation sites (tertiary alicyclic amines) is 1. The Morgan fingerprint density at radius 2 is 1.59 bits per heavy atom. The van der Waals surface area contributed by atoms with Gasteiger partial charge in [0, 0.05) is 13.1 Å². The highest BCUT2D eigenvalue weighted by atomic mass is 32.2. The minimum Gasteiger partial charge on any atom is -0.465 e. The molecule has 3 rings (SSSR count). The van der Waals surface area contributed by atoms with Gasteiger partial charge < -0.3 is 14.4 Å². The van der Waals surface area contributed by atoms with Crippen molar-refractivity contribution in [1.82, 2.24) is 4.90 Å². The van der Waals surface area contributed by atoms with Crippen LogP contribution in [0.3, 0.4) is 0 Å². The van der Waals surface area contributed by atoms with Crippen molar-refractivity contribution in [3.63, 3.8) is 0 Å². The number of piperidine rings is 1. The van der Waals surface area contributed by atoms with Gasteiger partial charge in [-0.15, -0.1) is 0 Å². The number of hydrogen-bond donors (Lipinski definition) is 0. The first-order chi connectivity index (χ1) is 16.0. The first-order valence-corrected chi connectivity index (χ1v) is 12.7. The van der Waals surface area contributed by atoms with E-state index in [0.29, 0.717) is 37.2 Å². The molecule has 1 fully saturated rings. The van der Waals surface area contributed by atoms with Crippen LogP contribution in [0, 0.1) is 0 Å². The molecule has 184 valence electrons. The normalized spacial score (nSPS) is 15.0. The van der Waals surface area contributed by atoms with E-state index in [1.807, 2.05) is 6.07 Å². The van der Waals surface area contributed by atoms with Crippen LogP contribution >= 0.6 is 0 Å². The van der Waals surface area contributed by atoms with Gasteiger partial charge >= 0.3 is 12.1 Å². The number of hydrogen-bond acceptors (Lipinski definition) is 6. The van der Waals surface area contributed by atoms with E-state index >= 15 is 0 Å². The Bertz CT molecular complexity index is 1090. The fraction of sp³-hybridized carbons (Fsp3) is 0.440. The molecule has 9 heteroatoms. The van der Waals surface area contributed by atoms with E-state index in [1.165, 1.54) is 11.4 Å². The molecule has 0 aliphatic carbocycles. The average molecular weight is 489 g/mol. The van der Waals surface area contributed by atoms with Crippen LogP contribution in [0.25, 0.3) is 0 Å². The summed E-state index contributed by atoms with van der Waals surface area (Å²) in [6.45, 7) is 6.16. The van der Waals surface area contributed by atoms with E-state index in [9.17, 15) is 18.0 Å². The topological polar surface area (TPSA) is 93.2 Å². The van der Waals surface area contributed by atoms with Crippen molar-refractivity contribution in [2.24, 2.45) is 0 Å². The number of para-hydroxylation sites is 1. The molecular formula is C25H32N2O6S. The number of anilines is 1. The van der Waals surface area contributed by atoms with Crippen LogP contribution in [0.4, 0.5) is 10.5 Å². The van der Waals surface area contributed by atoms with Crippen molar-refractivity contribution in [3.05, 3.63) is 65.7 Å². The number of methoxy groups -OCH3 is 1. The van der Waals surface area contributed by atoms with Crippen molar-refractivity contribution in [1.29, 1.82) is 0 Å². The van der Waals surface area contributed by atoms with Gasteiger partial charge in [0.15, 0.2) is 0 Å². The molecule has 1 amide bonds. The SMILES string of the molecule is COC(=O)c1ccc(CN(c2ccccc2)S(=O)(=O)C2CCN(C(=O)OC(C)(C)C)CC2)cc1. The number of carbonyl (C=O) groups is 2. The van der Waals surface area contributed by atoms with Crippen LogP contribution in [0.1, 0.15) is 49.5 Å². The second-order valence-corrected chi connectivity index (χ2v) is 11.4. The lowest BCUT2D eigenvalue weighted by atomic mass is 10.1. The minimum absolute atomic E-state index is 0.125. The lowest BCUT2D eigenvalue weighted by molar-refractivity contribution is 0.0217. The molecule has 1 aliphatic heterocycles. The van der Waals surface area contributed by atoms with Gasteiger partial charge in [-0.25, -0.2) is 18.0 Å². The molecule has 2 aromatic carbocycles. The second kappa shape index (κ2) is 10.5. The summed E-state index contributed by atoms with van der Waals surface area (Å²) in [5.41, 5.74) is 1.10. The molecule has 2 aromatic rings. The van der Waals surface area contributed by atoms with Crippen LogP contribution in [-0.2, 0) is 26.0 Å². The van der Waals surface area contributed by atoms with Gasteiger partial charge in [0.2, 0.25) is 10.0 Å². The molecule has 0 spiro atoms. The molecule has 0 radical (unpaired) electrons. The minimum atomic E-state index is -3.73. The maximum absolute atomic E-state index is 13.7. The van der Waals surface area contributed by atoms with Crippen molar-refractivity contribution in [2.75, 3.05) is 24.5 Å². The molecule has 1 aliphatic rings. The quantitative estimate of drug-likeness (QED) is 0.566. The molecule has 0 N–H and O–H groups in total. The highest BCUT2D eigenvalue weighted by Crippen LogP contribution is 2.28. The number of amides is 1. The Kier molecular flexibility index (Phi) is 7.86. The smallest absolute Gasteiger partial charge is 0.410 e. The van der Waals surface area contributed by atoms with E-state index in [-0.39, 0.29) is 6.54 Å². The highest BCUT2D eigenvalue weighted by Gasteiger charge is 2.37. The number of esters is 1. The van der Waals surface area contributed by atoms with Gasteiger partial charge in [-0.2, -0.15) is 0 Å². The summed E-state index contributed by atoms with van der Waals surface area (Å²) in [5.74, 6) is -0.448. The van der Waals surface area contributed by atoms with Crippen molar-refractivity contribution < 1.29 is 27.5 Å². The van der Waals surface area contributed by atoms with Gasteiger partial charge in [-0.1, -0.05) is 30.3 Å². The third kappa shape index (κ3) is 6.28. The number of nitrogens with zero attached hydrogens (tertiary/aromatic N) is 2. The summed E-state index contributed by atoms with van der Waals surface area (Å²) >= 11 is 0. The maximum Gasteiger partial charge on any atom is 0.410 e. The van der Waals surface area contributed by atoms with Gasteiger partial charge in [-0.05, 0) is 63.4 Å². The highest BCUT2D eigenvalue weighted by molar-refractivity contribution is 7.93. The molecule has 0 aromatic heterocycles. The van der Waals surface area contributed by atoms with E-state index < -0.39 is 32.9 Å². The average Bonchev–Trinajstić information content (AvgIpc) is 2.82. The summed E-state index contributed by atoms with van der Waals surface area (Å²) in [6.07, 6.45) is 0.229. The lowest BCUT2D eigenvalue weighted by Crippen LogP contribution is -2.48. The summed E-state index contributed by atoms with van der Waals surface area (Å²) in [7, 11) is -2.41. The first kappa shape index (κ1) is 25.6. The molecule has 0 atom stereocenters. The lowest BCUT2D eigenvalue weighted by Gasteiger charge is -2.36.